The van der Waals surface area contributed by atoms with Crippen molar-refractivity contribution in [1.82, 2.24) is 14.9 Å². The topological polar surface area (TPSA) is 67.1 Å². The van der Waals surface area contributed by atoms with E-state index in [0.717, 1.165) is 45.0 Å². The minimum Gasteiger partial charge on any atom is -0.354 e. The van der Waals surface area contributed by atoms with Crippen molar-refractivity contribution < 1.29 is 0 Å². The van der Waals surface area contributed by atoms with Gasteiger partial charge in [-0.25, -0.2) is 9.97 Å². The largest absolute Gasteiger partial charge is 0.354 e. The lowest BCUT2D eigenvalue weighted by atomic mass is 10.3. The predicted molar refractivity (Wildman–Crippen MR) is 68.8 cm³/mol. The molecular formula is C12H21N5. The van der Waals surface area contributed by atoms with Gasteiger partial charge in [-0.1, -0.05) is 0 Å². The summed E-state index contributed by atoms with van der Waals surface area (Å²) in [6.45, 7) is 4.32. The Morgan fingerprint density at radius 2 is 2.18 bits per heavy atom. The smallest absolute Gasteiger partial charge is 0.222 e. The van der Waals surface area contributed by atoms with Gasteiger partial charge in [0.25, 0.3) is 0 Å². The molecule has 1 fully saturated rings. The zero-order valence-electron chi connectivity index (χ0n) is 10.2. The van der Waals surface area contributed by atoms with Crippen molar-refractivity contribution in [3.05, 3.63) is 18.5 Å². The Balaban J connectivity index is 1.52. The van der Waals surface area contributed by atoms with E-state index in [1.807, 2.05) is 6.07 Å². The SMILES string of the molecule is N[C@@H]1CCN(CCCCNc2ncccn2)C1. The van der Waals surface area contributed by atoms with Gasteiger partial charge in [-0.05, 0) is 38.4 Å². The van der Waals surface area contributed by atoms with Crippen LogP contribution >= 0.6 is 0 Å². The van der Waals surface area contributed by atoms with Gasteiger partial charge in [-0.15, -0.1) is 0 Å². The highest BCUT2D eigenvalue weighted by atomic mass is 15.2. The monoisotopic (exact) mass is 235 g/mol. The van der Waals surface area contributed by atoms with Crippen LogP contribution < -0.4 is 11.1 Å². The van der Waals surface area contributed by atoms with Crippen molar-refractivity contribution in [3.63, 3.8) is 0 Å². The summed E-state index contributed by atoms with van der Waals surface area (Å²) < 4.78 is 0. The lowest BCUT2D eigenvalue weighted by Gasteiger charge is -2.14. The summed E-state index contributed by atoms with van der Waals surface area (Å²) >= 11 is 0. The van der Waals surface area contributed by atoms with Crippen molar-refractivity contribution >= 4 is 5.95 Å². The Kier molecular flexibility index (Phi) is 4.70. The Morgan fingerprint density at radius 1 is 1.35 bits per heavy atom. The van der Waals surface area contributed by atoms with Crippen LogP contribution in [0, 0.1) is 0 Å². The van der Waals surface area contributed by atoms with Gasteiger partial charge < -0.3 is 16.0 Å². The molecular weight excluding hydrogens is 214 g/mol. The lowest BCUT2D eigenvalue weighted by molar-refractivity contribution is 0.327. The minimum atomic E-state index is 0.394. The molecule has 0 spiro atoms. The van der Waals surface area contributed by atoms with Gasteiger partial charge in [0.05, 0.1) is 0 Å². The van der Waals surface area contributed by atoms with Gasteiger partial charge >= 0.3 is 0 Å². The molecule has 0 amide bonds. The van der Waals surface area contributed by atoms with Gasteiger partial charge in [0.2, 0.25) is 5.95 Å². The quantitative estimate of drug-likeness (QED) is 0.711. The Labute approximate surface area is 102 Å². The van der Waals surface area contributed by atoms with Gasteiger partial charge in [-0.2, -0.15) is 0 Å². The molecule has 5 nitrogen and oxygen atoms in total. The molecule has 1 atom stereocenters. The molecule has 94 valence electrons. The highest BCUT2D eigenvalue weighted by Crippen LogP contribution is 2.07. The number of nitrogens with zero attached hydrogens (tertiary/aromatic N) is 3. The highest BCUT2D eigenvalue weighted by molar-refractivity contribution is 5.21. The van der Waals surface area contributed by atoms with E-state index in [2.05, 4.69) is 20.2 Å². The molecule has 0 aliphatic carbocycles. The summed E-state index contributed by atoms with van der Waals surface area (Å²) in [5, 5.41) is 3.21. The molecule has 1 aromatic heterocycles. The zero-order chi connectivity index (χ0) is 11.9. The van der Waals surface area contributed by atoms with Crippen LogP contribution in [0.2, 0.25) is 0 Å². The molecule has 3 N–H and O–H groups in total. The number of aromatic nitrogens is 2. The van der Waals surface area contributed by atoms with Crippen LogP contribution in [-0.2, 0) is 0 Å². The normalized spacial score (nSPS) is 20.6. The maximum Gasteiger partial charge on any atom is 0.222 e. The maximum absolute atomic E-state index is 5.86. The predicted octanol–water partition coefficient (Wildman–Crippen LogP) is 0.702. The van der Waals surface area contributed by atoms with E-state index in [1.54, 1.807) is 12.4 Å². The second-order valence-electron chi connectivity index (χ2n) is 4.56. The van der Waals surface area contributed by atoms with E-state index in [1.165, 1.54) is 6.42 Å². The third-order valence-corrected chi connectivity index (χ3v) is 3.06. The fourth-order valence-electron chi connectivity index (χ4n) is 2.12. The lowest BCUT2D eigenvalue weighted by Crippen LogP contribution is -2.27. The van der Waals surface area contributed by atoms with Crippen LogP contribution in [0.15, 0.2) is 18.5 Å². The first-order valence-corrected chi connectivity index (χ1v) is 6.33. The van der Waals surface area contributed by atoms with Gasteiger partial charge in [0.15, 0.2) is 0 Å². The molecule has 2 rings (SSSR count). The number of nitrogens with one attached hydrogen (secondary N) is 1. The van der Waals surface area contributed by atoms with Crippen LogP contribution in [-0.4, -0.2) is 47.1 Å². The van der Waals surface area contributed by atoms with Crippen LogP contribution in [0.1, 0.15) is 19.3 Å². The molecule has 0 radical (unpaired) electrons. The standard InChI is InChI=1S/C12H21N5/c13-11-4-9-17(10-11)8-2-1-5-14-12-15-6-3-7-16-12/h3,6-7,11H,1-2,4-5,8-10,13H2,(H,14,15,16)/t11-/m1/s1. The number of likely N-dealkylation sites (tertiary alicyclic amines) is 1. The number of anilines is 1. The third kappa shape index (κ3) is 4.28. The summed E-state index contributed by atoms with van der Waals surface area (Å²) in [6, 6.07) is 2.22. The number of rotatable bonds is 6. The summed E-state index contributed by atoms with van der Waals surface area (Å²) in [5.41, 5.74) is 5.86. The van der Waals surface area contributed by atoms with E-state index in [-0.39, 0.29) is 0 Å². The summed E-state index contributed by atoms with van der Waals surface area (Å²) in [4.78, 5) is 10.7. The van der Waals surface area contributed by atoms with Crippen LogP contribution in [0.5, 0.6) is 0 Å². The summed E-state index contributed by atoms with van der Waals surface area (Å²) in [5.74, 6) is 0.718. The summed E-state index contributed by atoms with van der Waals surface area (Å²) in [7, 11) is 0. The molecule has 0 aromatic carbocycles. The van der Waals surface area contributed by atoms with Crippen LogP contribution in [0.4, 0.5) is 5.95 Å². The van der Waals surface area contributed by atoms with E-state index >= 15 is 0 Å². The van der Waals surface area contributed by atoms with Crippen LogP contribution in [0.25, 0.3) is 0 Å². The average Bonchev–Trinajstić information content (AvgIpc) is 2.76. The second-order valence-corrected chi connectivity index (χ2v) is 4.56. The number of hydrogen-bond acceptors (Lipinski definition) is 5. The molecule has 0 bridgehead atoms. The van der Waals surface area contributed by atoms with Crippen molar-refractivity contribution in [2.24, 2.45) is 5.73 Å². The number of hydrogen-bond donors (Lipinski definition) is 2. The zero-order valence-corrected chi connectivity index (χ0v) is 10.2. The Bertz CT molecular complexity index is 316. The number of unbranched alkanes of at least 4 members (excludes halogenated alkanes) is 1. The average molecular weight is 235 g/mol. The second kappa shape index (κ2) is 6.51. The molecule has 5 heteroatoms. The number of nitrogens with two attached hydrogens (primary N) is 1. The summed E-state index contributed by atoms with van der Waals surface area (Å²) in [6.07, 6.45) is 6.99. The van der Waals surface area contributed by atoms with Gasteiger partial charge in [-0.3, -0.25) is 0 Å². The fourth-order valence-corrected chi connectivity index (χ4v) is 2.12. The van der Waals surface area contributed by atoms with Gasteiger partial charge in [0.1, 0.15) is 0 Å². The fraction of sp³-hybridized carbons (Fsp3) is 0.667. The first kappa shape index (κ1) is 12.3. The molecule has 0 saturated carbocycles. The van der Waals surface area contributed by atoms with E-state index in [0.29, 0.717) is 6.04 Å². The van der Waals surface area contributed by atoms with E-state index in [9.17, 15) is 0 Å². The first-order valence-electron chi connectivity index (χ1n) is 6.33. The molecule has 17 heavy (non-hydrogen) atoms. The molecule has 1 aromatic rings. The molecule has 1 aliphatic rings. The van der Waals surface area contributed by atoms with E-state index < -0.39 is 0 Å². The van der Waals surface area contributed by atoms with E-state index in [4.69, 9.17) is 5.73 Å². The Morgan fingerprint density at radius 3 is 2.88 bits per heavy atom. The van der Waals surface area contributed by atoms with Gasteiger partial charge in [0, 0.05) is 31.5 Å². The first-order chi connectivity index (χ1) is 8.34. The van der Waals surface area contributed by atoms with Crippen LogP contribution in [0.3, 0.4) is 0 Å². The van der Waals surface area contributed by atoms with Crippen molar-refractivity contribution in [2.45, 2.75) is 25.3 Å². The third-order valence-electron chi connectivity index (χ3n) is 3.06. The molecule has 1 aliphatic heterocycles. The van der Waals surface area contributed by atoms with Crippen molar-refractivity contribution in [1.29, 1.82) is 0 Å². The van der Waals surface area contributed by atoms with Crippen molar-refractivity contribution in [3.8, 4) is 0 Å². The molecule has 2 heterocycles. The minimum absolute atomic E-state index is 0.394. The van der Waals surface area contributed by atoms with Crippen molar-refractivity contribution in [2.75, 3.05) is 31.5 Å². The maximum atomic E-state index is 5.86. The molecule has 0 unspecified atom stereocenters. The Hall–Kier alpha value is -1.20. The molecule has 1 saturated heterocycles. The highest BCUT2D eigenvalue weighted by Gasteiger charge is 2.17.